The van der Waals surface area contributed by atoms with Crippen molar-refractivity contribution in [2.45, 2.75) is 0 Å². The van der Waals surface area contributed by atoms with Crippen molar-refractivity contribution >= 4 is 34.6 Å². The Bertz CT molecular complexity index is 914. The molecule has 0 radical (unpaired) electrons. The highest BCUT2D eigenvalue weighted by atomic mass is 14.8. The number of rotatable bonds is 4. The van der Waals surface area contributed by atoms with Crippen molar-refractivity contribution in [3.05, 3.63) is 84.4 Å². The Morgan fingerprint density at radius 2 is 1.17 bits per heavy atom. The molecule has 0 aliphatic carbocycles. The van der Waals surface area contributed by atoms with Crippen molar-refractivity contribution in [2.24, 2.45) is 9.98 Å². The molecule has 0 bridgehead atoms. The molecule has 4 heteroatoms. The molecule has 2 aromatic carbocycles. The minimum Gasteiger partial charge on any atom is -0.360 e. The average molecular weight is 312 g/mol. The molecule has 4 aromatic rings. The van der Waals surface area contributed by atoms with E-state index in [1.807, 2.05) is 73.4 Å². The lowest BCUT2D eigenvalue weighted by Gasteiger charge is -2.05. The summed E-state index contributed by atoms with van der Waals surface area (Å²) in [5.74, 6) is 0. The summed E-state index contributed by atoms with van der Waals surface area (Å²) < 4.78 is 0. The van der Waals surface area contributed by atoms with Crippen molar-refractivity contribution in [2.75, 3.05) is 0 Å². The Balaban J connectivity index is 1.79. The highest BCUT2D eigenvalue weighted by Crippen LogP contribution is 2.34. The molecule has 0 atom stereocenters. The van der Waals surface area contributed by atoms with Crippen LogP contribution in [0.3, 0.4) is 0 Å². The molecule has 0 saturated carbocycles. The van der Waals surface area contributed by atoms with E-state index >= 15 is 0 Å². The summed E-state index contributed by atoms with van der Waals surface area (Å²) in [6, 6.07) is 20.1. The van der Waals surface area contributed by atoms with Crippen LogP contribution >= 0.6 is 0 Å². The predicted octanol–water partition coefficient (Wildman–Crippen LogP) is 5.00. The standard InChI is InChI=1S/C20H16N4/c1-5-15-6-2-10-19(24-14-17-8-4-12-22-17)20(15)18(9-1)23-13-16-7-3-11-21-16/h1-14,21-22H. The number of nitrogens with one attached hydrogen (secondary N) is 2. The van der Waals surface area contributed by atoms with Crippen LogP contribution in [0, 0.1) is 0 Å². The van der Waals surface area contributed by atoms with E-state index < -0.39 is 0 Å². The van der Waals surface area contributed by atoms with Gasteiger partial charge in [0.2, 0.25) is 0 Å². The number of aromatic nitrogens is 2. The molecule has 2 heterocycles. The molecule has 0 aliphatic rings. The third-order valence-electron chi connectivity index (χ3n) is 3.79. The van der Waals surface area contributed by atoms with Crippen molar-refractivity contribution in [1.29, 1.82) is 0 Å². The zero-order valence-corrected chi connectivity index (χ0v) is 13.0. The van der Waals surface area contributed by atoms with E-state index in [0.717, 1.165) is 33.5 Å². The Kier molecular flexibility index (Phi) is 3.78. The van der Waals surface area contributed by atoms with Crippen LogP contribution in [-0.4, -0.2) is 22.4 Å². The number of nitrogens with zero attached hydrogens (tertiary/aromatic N) is 2. The summed E-state index contributed by atoms with van der Waals surface area (Å²) in [5.41, 5.74) is 3.75. The number of fused-ring (bicyclic) bond motifs is 1. The maximum Gasteiger partial charge on any atom is 0.0730 e. The smallest absolute Gasteiger partial charge is 0.0730 e. The van der Waals surface area contributed by atoms with Crippen molar-refractivity contribution < 1.29 is 0 Å². The van der Waals surface area contributed by atoms with Gasteiger partial charge in [0.05, 0.1) is 35.2 Å². The van der Waals surface area contributed by atoms with Crippen molar-refractivity contribution in [1.82, 2.24) is 9.97 Å². The SMILES string of the molecule is C(=Nc1cccc2cccc(N=Cc3ccc[nH]3)c12)c1ccc[nH]1. The molecular weight excluding hydrogens is 296 g/mol. The topological polar surface area (TPSA) is 56.3 Å². The van der Waals surface area contributed by atoms with Crippen LogP contribution in [0.5, 0.6) is 0 Å². The van der Waals surface area contributed by atoms with Gasteiger partial charge in [-0.2, -0.15) is 0 Å². The number of benzene rings is 2. The monoisotopic (exact) mass is 312 g/mol. The second kappa shape index (κ2) is 6.38. The minimum absolute atomic E-state index is 0.904. The zero-order chi connectivity index (χ0) is 16.2. The fourth-order valence-corrected chi connectivity index (χ4v) is 2.64. The Hall–Kier alpha value is -3.40. The first-order chi connectivity index (χ1) is 11.9. The van der Waals surface area contributed by atoms with Gasteiger partial charge < -0.3 is 9.97 Å². The highest BCUT2D eigenvalue weighted by molar-refractivity contribution is 6.03. The lowest BCUT2D eigenvalue weighted by atomic mass is 10.1. The van der Waals surface area contributed by atoms with E-state index in [4.69, 9.17) is 0 Å². The zero-order valence-electron chi connectivity index (χ0n) is 13.0. The molecule has 2 N–H and O–H groups in total. The van der Waals surface area contributed by atoms with Crippen molar-refractivity contribution in [3.8, 4) is 0 Å². The van der Waals surface area contributed by atoms with Crippen LogP contribution in [0.15, 0.2) is 83.0 Å². The van der Waals surface area contributed by atoms with Gasteiger partial charge in [0.15, 0.2) is 0 Å². The van der Waals surface area contributed by atoms with E-state index in [2.05, 4.69) is 32.1 Å². The summed E-state index contributed by atoms with van der Waals surface area (Å²) in [7, 11) is 0. The van der Waals surface area contributed by atoms with Crippen LogP contribution in [0.25, 0.3) is 10.8 Å². The molecule has 4 nitrogen and oxygen atoms in total. The molecule has 24 heavy (non-hydrogen) atoms. The Morgan fingerprint density at radius 3 is 1.62 bits per heavy atom. The Labute approximate surface area is 139 Å². The summed E-state index contributed by atoms with van der Waals surface area (Å²) in [6.45, 7) is 0. The molecule has 2 aromatic heterocycles. The molecule has 116 valence electrons. The normalized spacial score (nSPS) is 11.8. The van der Waals surface area contributed by atoms with Gasteiger partial charge in [0.25, 0.3) is 0 Å². The van der Waals surface area contributed by atoms with Gasteiger partial charge in [0, 0.05) is 17.8 Å². The maximum atomic E-state index is 4.64. The van der Waals surface area contributed by atoms with Gasteiger partial charge in [-0.1, -0.05) is 24.3 Å². The summed E-state index contributed by atoms with van der Waals surface area (Å²) >= 11 is 0. The molecule has 0 unspecified atom stereocenters. The van der Waals surface area contributed by atoms with E-state index in [-0.39, 0.29) is 0 Å². The fourth-order valence-electron chi connectivity index (χ4n) is 2.64. The second-order valence-electron chi connectivity index (χ2n) is 5.42. The van der Waals surface area contributed by atoms with Gasteiger partial charge in [-0.05, 0) is 41.8 Å². The van der Waals surface area contributed by atoms with Gasteiger partial charge in [-0.3, -0.25) is 9.98 Å². The minimum atomic E-state index is 0.904. The first kappa shape index (κ1) is 14.2. The lowest BCUT2D eigenvalue weighted by molar-refractivity contribution is 1.38. The predicted molar refractivity (Wildman–Crippen MR) is 100 cm³/mol. The van der Waals surface area contributed by atoms with Crippen LogP contribution in [-0.2, 0) is 0 Å². The number of aromatic amines is 2. The molecule has 0 spiro atoms. The third-order valence-corrected chi connectivity index (χ3v) is 3.79. The first-order valence-electron chi connectivity index (χ1n) is 7.77. The molecular formula is C20H16N4. The van der Waals surface area contributed by atoms with Gasteiger partial charge in [0.1, 0.15) is 0 Å². The summed E-state index contributed by atoms with van der Waals surface area (Å²) in [4.78, 5) is 15.6. The maximum absolute atomic E-state index is 4.64. The quantitative estimate of drug-likeness (QED) is 0.498. The van der Waals surface area contributed by atoms with E-state index in [1.54, 1.807) is 0 Å². The molecule has 0 saturated heterocycles. The number of hydrogen-bond donors (Lipinski definition) is 2. The number of aliphatic imine (C=N–C) groups is 2. The number of hydrogen-bond acceptors (Lipinski definition) is 2. The van der Waals surface area contributed by atoms with Crippen LogP contribution < -0.4 is 0 Å². The van der Waals surface area contributed by atoms with Gasteiger partial charge >= 0.3 is 0 Å². The highest BCUT2D eigenvalue weighted by Gasteiger charge is 2.04. The summed E-state index contributed by atoms with van der Waals surface area (Å²) in [5, 5.41) is 2.17. The van der Waals surface area contributed by atoms with Crippen LogP contribution in [0.1, 0.15) is 11.4 Å². The van der Waals surface area contributed by atoms with E-state index in [0.29, 0.717) is 0 Å². The fraction of sp³-hybridized carbons (Fsp3) is 0. The van der Waals surface area contributed by atoms with Crippen LogP contribution in [0.4, 0.5) is 11.4 Å². The number of H-pyrrole nitrogens is 2. The molecule has 0 aliphatic heterocycles. The van der Waals surface area contributed by atoms with Crippen LogP contribution in [0.2, 0.25) is 0 Å². The summed E-state index contributed by atoms with van der Waals surface area (Å²) in [6.07, 6.45) is 7.44. The lowest BCUT2D eigenvalue weighted by Crippen LogP contribution is -1.82. The molecule has 4 rings (SSSR count). The molecule has 0 fully saturated rings. The van der Waals surface area contributed by atoms with Crippen molar-refractivity contribution in [3.63, 3.8) is 0 Å². The third kappa shape index (κ3) is 2.90. The average Bonchev–Trinajstić information content (AvgIpc) is 3.31. The second-order valence-corrected chi connectivity index (χ2v) is 5.42. The van der Waals surface area contributed by atoms with E-state index in [9.17, 15) is 0 Å². The largest absolute Gasteiger partial charge is 0.360 e. The van der Waals surface area contributed by atoms with Gasteiger partial charge in [-0.25, -0.2) is 0 Å². The van der Waals surface area contributed by atoms with E-state index in [1.165, 1.54) is 0 Å². The first-order valence-corrected chi connectivity index (χ1v) is 7.77. The Morgan fingerprint density at radius 1 is 0.625 bits per heavy atom. The van der Waals surface area contributed by atoms with Gasteiger partial charge in [-0.15, -0.1) is 0 Å². The molecule has 0 amide bonds.